The van der Waals surface area contributed by atoms with Crippen LogP contribution in [0, 0.1) is 0 Å². The second kappa shape index (κ2) is 9.89. The largest absolute Gasteiger partial charge is 0.486 e. The molecule has 8 nitrogen and oxygen atoms in total. The van der Waals surface area contributed by atoms with Crippen LogP contribution in [-0.2, 0) is 20.2 Å². The van der Waals surface area contributed by atoms with Gasteiger partial charge in [-0.25, -0.2) is 8.42 Å². The monoisotopic (exact) mass is 497 g/mol. The summed E-state index contributed by atoms with van der Waals surface area (Å²) < 4.78 is 39.6. The molecule has 0 unspecified atom stereocenters. The number of carbonyl (C=O) groups is 1. The van der Waals surface area contributed by atoms with Crippen molar-refractivity contribution in [3.05, 3.63) is 48.0 Å². The van der Waals surface area contributed by atoms with Crippen LogP contribution in [0.4, 0.5) is 5.69 Å². The lowest BCUT2D eigenvalue weighted by molar-refractivity contribution is -0.121. The van der Waals surface area contributed by atoms with Crippen molar-refractivity contribution in [1.29, 1.82) is 0 Å². The van der Waals surface area contributed by atoms with Gasteiger partial charge in [0.05, 0.1) is 10.3 Å². The van der Waals surface area contributed by atoms with Crippen LogP contribution in [0.25, 0.3) is 0 Å². The van der Waals surface area contributed by atoms with Gasteiger partial charge in [0.15, 0.2) is 11.5 Å². The van der Waals surface area contributed by atoms with Crippen molar-refractivity contribution >= 4 is 27.5 Å². The number of sulfonamides is 1. The summed E-state index contributed by atoms with van der Waals surface area (Å²) in [4.78, 5) is 18.0. The van der Waals surface area contributed by atoms with E-state index in [1.165, 1.54) is 12.1 Å². The van der Waals surface area contributed by atoms with E-state index >= 15 is 0 Å². The fourth-order valence-electron chi connectivity index (χ4n) is 5.11. The predicted molar refractivity (Wildman–Crippen MR) is 134 cm³/mol. The van der Waals surface area contributed by atoms with E-state index in [9.17, 15) is 13.2 Å². The quantitative estimate of drug-likeness (QED) is 0.645. The zero-order chi connectivity index (χ0) is 24.3. The van der Waals surface area contributed by atoms with E-state index < -0.39 is 15.4 Å². The molecule has 1 amide bonds. The van der Waals surface area contributed by atoms with Gasteiger partial charge in [-0.05, 0) is 67.6 Å². The maximum Gasteiger partial charge on any atom is 0.262 e. The Morgan fingerprint density at radius 3 is 2.40 bits per heavy atom. The first-order valence-electron chi connectivity index (χ1n) is 12.3. The molecule has 2 aliphatic heterocycles. The predicted octanol–water partition coefficient (Wildman–Crippen LogP) is 4.16. The van der Waals surface area contributed by atoms with Crippen molar-refractivity contribution in [3.8, 4) is 11.5 Å². The molecule has 0 radical (unpaired) electrons. The molecule has 1 fully saturated rings. The van der Waals surface area contributed by atoms with Crippen LogP contribution >= 0.6 is 0 Å². The Labute approximate surface area is 206 Å². The molecular formula is C26H31N3O5S. The number of rotatable bonds is 5. The summed E-state index contributed by atoms with van der Waals surface area (Å²) in [5.41, 5.74) is 0.827. The number of fused-ring (bicyclic) bond motifs is 1. The van der Waals surface area contributed by atoms with Gasteiger partial charge < -0.3 is 14.8 Å². The molecule has 3 aliphatic rings. The lowest BCUT2D eigenvalue weighted by Gasteiger charge is -2.30. The van der Waals surface area contributed by atoms with Crippen LogP contribution in [0.1, 0.15) is 56.9 Å². The lowest BCUT2D eigenvalue weighted by atomic mass is 9.77. The second-order valence-corrected chi connectivity index (χ2v) is 11.1. The highest BCUT2D eigenvalue weighted by Crippen LogP contribution is 2.45. The number of hydrogen-bond donors (Lipinski definition) is 2. The fourth-order valence-corrected chi connectivity index (χ4v) is 6.20. The third kappa shape index (κ3) is 5.00. The Kier molecular flexibility index (Phi) is 6.69. The summed E-state index contributed by atoms with van der Waals surface area (Å²) in [7, 11) is -3.72. The minimum atomic E-state index is -3.72. The first kappa shape index (κ1) is 23.7. The third-order valence-electron chi connectivity index (χ3n) is 7.04. The van der Waals surface area contributed by atoms with Crippen molar-refractivity contribution in [2.45, 2.75) is 61.7 Å². The highest BCUT2D eigenvalue weighted by Gasteiger charge is 2.43. The summed E-state index contributed by atoms with van der Waals surface area (Å²) in [6, 6.07) is 12.1. The number of carbonyl (C=O) groups excluding carboxylic acids is 1. The molecule has 2 heterocycles. The molecule has 5 rings (SSSR count). The van der Waals surface area contributed by atoms with Crippen LogP contribution in [0.5, 0.6) is 11.5 Å². The van der Waals surface area contributed by atoms with Crippen molar-refractivity contribution in [1.82, 2.24) is 4.72 Å². The van der Waals surface area contributed by atoms with Gasteiger partial charge in [-0.2, -0.15) is 0 Å². The van der Waals surface area contributed by atoms with Gasteiger partial charge in [0, 0.05) is 18.7 Å². The third-order valence-corrected chi connectivity index (χ3v) is 8.43. The van der Waals surface area contributed by atoms with Gasteiger partial charge in [-0.15, -0.1) is 0 Å². The molecule has 1 aliphatic carbocycles. The normalized spacial score (nSPS) is 19.4. The molecule has 0 spiro atoms. The first-order chi connectivity index (χ1) is 17.0. The number of amides is 1. The highest BCUT2D eigenvalue weighted by molar-refractivity contribution is 7.90. The van der Waals surface area contributed by atoms with Crippen molar-refractivity contribution < 1.29 is 22.7 Å². The van der Waals surface area contributed by atoms with Gasteiger partial charge in [0.25, 0.3) is 10.0 Å². The van der Waals surface area contributed by atoms with E-state index in [-0.39, 0.29) is 10.8 Å². The Morgan fingerprint density at radius 1 is 0.886 bits per heavy atom. The van der Waals surface area contributed by atoms with E-state index in [2.05, 4.69) is 15.0 Å². The highest BCUT2D eigenvalue weighted by atomic mass is 32.2. The molecule has 0 aromatic heterocycles. The van der Waals surface area contributed by atoms with E-state index in [4.69, 9.17) is 9.47 Å². The maximum absolute atomic E-state index is 13.6. The number of hydrogen-bond acceptors (Lipinski definition) is 6. The number of anilines is 1. The van der Waals surface area contributed by atoms with Crippen molar-refractivity contribution in [3.63, 3.8) is 0 Å². The van der Waals surface area contributed by atoms with E-state index in [1.807, 2.05) is 18.2 Å². The average molecular weight is 498 g/mol. The van der Waals surface area contributed by atoms with E-state index in [0.717, 1.165) is 50.5 Å². The van der Waals surface area contributed by atoms with Gasteiger partial charge >= 0.3 is 0 Å². The molecule has 2 N–H and O–H groups in total. The van der Waals surface area contributed by atoms with E-state index in [0.29, 0.717) is 49.2 Å². The maximum atomic E-state index is 13.6. The number of nitrogens with zero attached hydrogens (tertiary/aromatic N) is 1. The smallest absolute Gasteiger partial charge is 0.262 e. The summed E-state index contributed by atoms with van der Waals surface area (Å²) in [6.45, 7) is 1.66. The van der Waals surface area contributed by atoms with Crippen molar-refractivity contribution in [2.24, 2.45) is 4.99 Å². The van der Waals surface area contributed by atoms with Crippen LogP contribution in [0.3, 0.4) is 0 Å². The number of amidine groups is 1. The molecule has 2 aromatic rings. The van der Waals surface area contributed by atoms with Crippen LogP contribution < -0.4 is 19.5 Å². The molecular weight excluding hydrogens is 466 g/mol. The molecule has 186 valence electrons. The van der Waals surface area contributed by atoms with Gasteiger partial charge in [0.2, 0.25) is 5.91 Å². The summed E-state index contributed by atoms with van der Waals surface area (Å²) in [5, 5.41) is 3.02. The second-order valence-electron chi connectivity index (χ2n) is 9.37. The lowest BCUT2D eigenvalue weighted by Crippen LogP contribution is -2.38. The van der Waals surface area contributed by atoms with Crippen molar-refractivity contribution in [2.75, 3.05) is 25.1 Å². The van der Waals surface area contributed by atoms with Crippen LogP contribution in [-0.4, -0.2) is 39.9 Å². The number of aliphatic imine (C=N–C) groups is 1. The fraction of sp³-hybridized carbons (Fsp3) is 0.462. The minimum Gasteiger partial charge on any atom is -0.486 e. The Hall–Kier alpha value is -3.07. The van der Waals surface area contributed by atoms with Gasteiger partial charge in [-0.3, -0.25) is 14.5 Å². The molecule has 1 saturated carbocycles. The average Bonchev–Trinajstić information content (AvgIpc) is 3.24. The summed E-state index contributed by atoms with van der Waals surface area (Å²) >= 11 is 0. The summed E-state index contributed by atoms with van der Waals surface area (Å²) in [5.74, 6) is 1.80. The first-order valence-corrected chi connectivity index (χ1v) is 13.8. The topological polar surface area (TPSA) is 106 Å². The summed E-state index contributed by atoms with van der Waals surface area (Å²) in [6.07, 6.45) is 7.02. The van der Waals surface area contributed by atoms with E-state index in [1.54, 1.807) is 12.1 Å². The van der Waals surface area contributed by atoms with Crippen LogP contribution in [0.15, 0.2) is 52.4 Å². The van der Waals surface area contributed by atoms with Gasteiger partial charge in [0.1, 0.15) is 19.0 Å². The molecule has 2 aromatic carbocycles. The van der Waals surface area contributed by atoms with Gasteiger partial charge in [-0.1, -0.05) is 25.3 Å². The minimum absolute atomic E-state index is 0.0896. The SMILES string of the molecule is O=C(Nc1ccc(S(=O)(=O)NC2=NCCCCC2)cc1)C1(c2ccc3c(c2)OCCO3)CCCC1. The number of benzene rings is 2. The zero-order valence-electron chi connectivity index (χ0n) is 19.7. The Balaban J connectivity index is 1.32. The van der Waals surface area contributed by atoms with Crippen LogP contribution in [0.2, 0.25) is 0 Å². The molecule has 0 bridgehead atoms. The molecule has 9 heteroatoms. The zero-order valence-corrected chi connectivity index (χ0v) is 20.5. The number of ether oxygens (including phenoxy) is 2. The molecule has 0 saturated heterocycles. The Bertz CT molecular complexity index is 1220. The molecule has 35 heavy (non-hydrogen) atoms. The molecule has 0 atom stereocenters. The Morgan fingerprint density at radius 2 is 1.63 bits per heavy atom. The number of nitrogens with one attached hydrogen (secondary N) is 2. The standard InChI is InChI=1S/C26H31N3O5S/c30-25(26(13-3-4-14-26)19-7-12-22-23(18-19)34-17-16-33-22)28-20-8-10-21(11-9-20)35(31,32)29-24-6-2-1-5-15-27-24/h7-12,18H,1-6,13-17H2,(H,27,29)(H,28,30).